The van der Waals surface area contributed by atoms with Crippen LogP contribution in [0.15, 0.2) is 42.5 Å². The molecule has 1 saturated heterocycles. The first kappa shape index (κ1) is 22.2. The molecule has 0 aliphatic carbocycles. The molecule has 160 valence electrons. The highest BCUT2D eigenvalue weighted by Crippen LogP contribution is 2.25. The van der Waals surface area contributed by atoms with E-state index in [9.17, 15) is 9.59 Å². The minimum absolute atomic E-state index is 0.0114. The summed E-state index contributed by atoms with van der Waals surface area (Å²) >= 11 is 6.19. The molecule has 30 heavy (non-hydrogen) atoms. The van der Waals surface area contributed by atoms with Crippen LogP contribution >= 0.6 is 11.6 Å². The first-order chi connectivity index (χ1) is 14.4. The molecule has 0 aromatic heterocycles. The van der Waals surface area contributed by atoms with Gasteiger partial charge in [0.1, 0.15) is 5.75 Å². The second kappa shape index (κ2) is 10.5. The fourth-order valence-electron chi connectivity index (χ4n) is 3.70. The summed E-state index contributed by atoms with van der Waals surface area (Å²) in [7, 11) is 0. The van der Waals surface area contributed by atoms with Crippen LogP contribution in [0.1, 0.15) is 29.5 Å². The first-order valence-corrected chi connectivity index (χ1v) is 10.8. The van der Waals surface area contributed by atoms with E-state index in [0.29, 0.717) is 38.3 Å². The summed E-state index contributed by atoms with van der Waals surface area (Å²) in [6, 6.07) is 13.7. The van der Waals surface area contributed by atoms with Crippen LogP contribution in [0.25, 0.3) is 0 Å². The summed E-state index contributed by atoms with van der Waals surface area (Å²) in [6.45, 7) is 6.26. The largest absolute Gasteiger partial charge is 0.484 e. The van der Waals surface area contributed by atoms with Gasteiger partial charge in [0.2, 0.25) is 5.91 Å². The van der Waals surface area contributed by atoms with Gasteiger partial charge >= 0.3 is 0 Å². The van der Waals surface area contributed by atoms with Crippen molar-refractivity contribution in [2.24, 2.45) is 0 Å². The number of hydrogen-bond acceptors (Lipinski definition) is 3. The second-order valence-corrected chi connectivity index (χ2v) is 8.14. The molecule has 2 amide bonds. The van der Waals surface area contributed by atoms with Gasteiger partial charge in [0.25, 0.3) is 5.91 Å². The average Bonchev–Trinajstić information content (AvgIpc) is 3.01. The fraction of sp³-hybridized carbons (Fsp3) is 0.417. The third-order valence-electron chi connectivity index (χ3n) is 5.44. The molecule has 0 radical (unpaired) electrons. The van der Waals surface area contributed by atoms with Gasteiger partial charge in [-0.05, 0) is 55.5 Å². The zero-order valence-corrected chi connectivity index (χ0v) is 18.5. The Hall–Kier alpha value is -2.53. The van der Waals surface area contributed by atoms with Crippen molar-refractivity contribution < 1.29 is 14.3 Å². The van der Waals surface area contributed by atoms with Crippen LogP contribution in [0.4, 0.5) is 0 Å². The first-order valence-electron chi connectivity index (χ1n) is 10.4. The molecule has 2 aromatic carbocycles. The van der Waals surface area contributed by atoms with Crippen LogP contribution in [0.3, 0.4) is 0 Å². The van der Waals surface area contributed by atoms with Crippen molar-refractivity contribution >= 4 is 23.4 Å². The normalized spacial score (nSPS) is 14.4. The van der Waals surface area contributed by atoms with Crippen molar-refractivity contribution in [1.29, 1.82) is 0 Å². The molecule has 3 rings (SSSR count). The molecule has 1 aliphatic rings. The smallest absolute Gasteiger partial charge is 0.260 e. The van der Waals surface area contributed by atoms with Crippen LogP contribution in [-0.2, 0) is 16.0 Å². The molecule has 6 heteroatoms. The molecular weight excluding hydrogens is 400 g/mol. The van der Waals surface area contributed by atoms with Gasteiger partial charge in [-0.25, -0.2) is 0 Å². The summed E-state index contributed by atoms with van der Waals surface area (Å²) < 4.78 is 5.71. The fourth-order valence-corrected chi connectivity index (χ4v) is 3.81. The Morgan fingerprint density at radius 3 is 2.17 bits per heavy atom. The van der Waals surface area contributed by atoms with Crippen molar-refractivity contribution in [2.45, 2.75) is 33.1 Å². The Kier molecular flexibility index (Phi) is 7.75. The number of carbonyl (C=O) groups excluding carboxylic acids is 2. The number of aryl methyl sites for hydroxylation is 3. The van der Waals surface area contributed by atoms with Crippen molar-refractivity contribution in [3.8, 4) is 5.75 Å². The van der Waals surface area contributed by atoms with E-state index in [4.69, 9.17) is 16.3 Å². The number of carbonyl (C=O) groups is 2. The lowest BCUT2D eigenvalue weighted by Crippen LogP contribution is -2.39. The number of nitrogens with zero attached hydrogens (tertiary/aromatic N) is 2. The lowest BCUT2D eigenvalue weighted by atomic mass is 10.1. The molecule has 1 heterocycles. The zero-order chi connectivity index (χ0) is 21.5. The Morgan fingerprint density at radius 1 is 0.933 bits per heavy atom. The van der Waals surface area contributed by atoms with Crippen LogP contribution in [0.2, 0.25) is 5.02 Å². The van der Waals surface area contributed by atoms with E-state index in [-0.39, 0.29) is 18.4 Å². The van der Waals surface area contributed by atoms with Crippen LogP contribution in [0, 0.1) is 13.8 Å². The van der Waals surface area contributed by atoms with Gasteiger partial charge < -0.3 is 14.5 Å². The predicted molar refractivity (Wildman–Crippen MR) is 119 cm³/mol. The van der Waals surface area contributed by atoms with Crippen molar-refractivity contribution in [2.75, 3.05) is 32.8 Å². The van der Waals surface area contributed by atoms with Gasteiger partial charge in [-0.15, -0.1) is 0 Å². The van der Waals surface area contributed by atoms with Gasteiger partial charge in [-0.2, -0.15) is 0 Å². The second-order valence-electron chi connectivity index (χ2n) is 7.76. The maximum absolute atomic E-state index is 12.6. The van der Waals surface area contributed by atoms with E-state index in [1.165, 1.54) is 5.56 Å². The number of benzene rings is 2. The molecule has 0 N–H and O–H groups in total. The molecule has 0 bridgehead atoms. The molecule has 0 spiro atoms. The predicted octanol–water partition coefficient (Wildman–Crippen LogP) is 4.03. The Balaban J connectivity index is 1.47. The zero-order valence-electron chi connectivity index (χ0n) is 17.7. The standard InChI is InChI=1S/C24H29ClN2O3/c1-18-15-21(16-19(2)24(18)25)30-17-23(29)27-12-6-11-26(13-14-27)22(28)10-9-20-7-4-3-5-8-20/h3-5,7-8,15-16H,6,9-14,17H2,1-2H3. The monoisotopic (exact) mass is 428 g/mol. The van der Waals surface area contributed by atoms with Gasteiger partial charge in [-0.1, -0.05) is 41.9 Å². The van der Waals surface area contributed by atoms with E-state index < -0.39 is 0 Å². The maximum atomic E-state index is 12.6. The van der Waals surface area contributed by atoms with E-state index in [0.717, 1.165) is 29.0 Å². The third kappa shape index (κ3) is 5.99. The lowest BCUT2D eigenvalue weighted by molar-refractivity contribution is -0.134. The summed E-state index contributed by atoms with van der Waals surface area (Å²) in [6.07, 6.45) is 2.02. The van der Waals surface area contributed by atoms with Gasteiger partial charge in [0.15, 0.2) is 6.61 Å². The molecule has 0 unspecified atom stereocenters. The van der Waals surface area contributed by atoms with Crippen LogP contribution in [0.5, 0.6) is 5.75 Å². The SMILES string of the molecule is Cc1cc(OCC(=O)N2CCCN(C(=O)CCc3ccccc3)CC2)cc(C)c1Cl. The Bertz CT molecular complexity index is 862. The Labute approximate surface area is 183 Å². The van der Waals surface area contributed by atoms with Crippen molar-refractivity contribution in [3.63, 3.8) is 0 Å². The molecule has 2 aromatic rings. The molecular formula is C24H29ClN2O3. The number of hydrogen-bond donors (Lipinski definition) is 0. The number of rotatable bonds is 6. The quantitative estimate of drug-likeness (QED) is 0.698. The summed E-state index contributed by atoms with van der Waals surface area (Å²) in [5.74, 6) is 0.741. The van der Waals surface area contributed by atoms with Crippen LogP contribution in [-0.4, -0.2) is 54.4 Å². The van der Waals surface area contributed by atoms with Crippen LogP contribution < -0.4 is 4.74 Å². The summed E-state index contributed by atoms with van der Waals surface area (Å²) in [5.41, 5.74) is 3.03. The highest BCUT2D eigenvalue weighted by Gasteiger charge is 2.22. The van der Waals surface area contributed by atoms with E-state index in [1.807, 2.05) is 61.2 Å². The Morgan fingerprint density at radius 2 is 1.53 bits per heavy atom. The number of ether oxygens (including phenoxy) is 1. The summed E-state index contributed by atoms with van der Waals surface area (Å²) in [4.78, 5) is 28.9. The maximum Gasteiger partial charge on any atom is 0.260 e. The topological polar surface area (TPSA) is 49.9 Å². The number of halogens is 1. The minimum atomic E-state index is -0.0566. The minimum Gasteiger partial charge on any atom is -0.484 e. The van der Waals surface area contributed by atoms with E-state index >= 15 is 0 Å². The highest BCUT2D eigenvalue weighted by atomic mass is 35.5. The molecule has 0 saturated carbocycles. The lowest BCUT2D eigenvalue weighted by Gasteiger charge is -2.22. The van der Waals surface area contributed by atoms with Crippen molar-refractivity contribution in [1.82, 2.24) is 9.80 Å². The van der Waals surface area contributed by atoms with Crippen molar-refractivity contribution in [3.05, 3.63) is 64.2 Å². The molecule has 0 atom stereocenters. The highest BCUT2D eigenvalue weighted by molar-refractivity contribution is 6.32. The van der Waals surface area contributed by atoms with Gasteiger partial charge in [-0.3, -0.25) is 9.59 Å². The summed E-state index contributed by atoms with van der Waals surface area (Å²) in [5, 5.41) is 0.721. The van der Waals surface area contributed by atoms with Gasteiger partial charge in [0, 0.05) is 37.6 Å². The molecule has 5 nitrogen and oxygen atoms in total. The third-order valence-corrected chi connectivity index (χ3v) is 6.04. The molecule has 1 fully saturated rings. The number of amides is 2. The van der Waals surface area contributed by atoms with E-state index in [1.54, 1.807) is 4.90 Å². The average molecular weight is 429 g/mol. The van der Waals surface area contributed by atoms with E-state index in [2.05, 4.69) is 0 Å². The van der Waals surface area contributed by atoms with Gasteiger partial charge in [0.05, 0.1) is 0 Å². The molecule has 1 aliphatic heterocycles.